The first kappa shape index (κ1) is 22.2. The fourth-order valence-electron chi connectivity index (χ4n) is 2.78. The lowest BCUT2D eigenvalue weighted by Crippen LogP contribution is -2.19. The number of thioether (sulfide) groups is 1. The van der Waals surface area contributed by atoms with Gasteiger partial charge in [-0.25, -0.2) is 4.99 Å². The van der Waals surface area contributed by atoms with Crippen LogP contribution in [0.4, 0.5) is 5.69 Å². The highest BCUT2D eigenvalue weighted by molar-refractivity contribution is 14.1. The first-order valence-corrected chi connectivity index (χ1v) is 11.8. The van der Waals surface area contributed by atoms with Crippen LogP contribution >= 0.6 is 57.6 Å². The van der Waals surface area contributed by atoms with Crippen molar-refractivity contribution in [3.05, 3.63) is 96.4 Å². The normalized spacial score (nSPS) is 16.0. The van der Waals surface area contributed by atoms with E-state index in [0.29, 0.717) is 32.4 Å². The second kappa shape index (κ2) is 10.1. The lowest BCUT2D eigenvalue weighted by Gasteiger charge is -2.09. The molecule has 31 heavy (non-hydrogen) atoms. The Morgan fingerprint density at radius 1 is 1.06 bits per heavy atom. The quantitative estimate of drug-likeness (QED) is 0.259. The Bertz CT molecular complexity index is 1200. The summed E-state index contributed by atoms with van der Waals surface area (Å²) >= 11 is 15.7. The highest BCUT2D eigenvalue weighted by atomic mass is 127. The fraction of sp³-hybridized carbons (Fsp3) is 0.0435. The van der Waals surface area contributed by atoms with Crippen molar-refractivity contribution in [2.45, 2.75) is 6.61 Å². The molecule has 0 saturated carbocycles. The van der Waals surface area contributed by atoms with Crippen LogP contribution < -0.4 is 10.1 Å². The van der Waals surface area contributed by atoms with Gasteiger partial charge in [-0.2, -0.15) is 0 Å². The Balaban J connectivity index is 1.48. The van der Waals surface area contributed by atoms with Crippen molar-refractivity contribution in [3.63, 3.8) is 0 Å². The Kier molecular flexibility index (Phi) is 7.22. The van der Waals surface area contributed by atoms with Gasteiger partial charge in [0.05, 0.1) is 24.2 Å². The maximum Gasteiger partial charge on any atom is 0.264 e. The number of hydrogen-bond donors (Lipinski definition) is 1. The van der Waals surface area contributed by atoms with Crippen LogP contribution in [0.25, 0.3) is 6.08 Å². The molecule has 0 aliphatic carbocycles. The summed E-state index contributed by atoms with van der Waals surface area (Å²) in [6, 6.07) is 21.0. The lowest BCUT2D eigenvalue weighted by atomic mass is 10.2. The minimum absolute atomic E-state index is 0.207. The average Bonchev–Trinajstić information content (AvgIpc) is 3.10. The van der Waals surface area contributed by atoms with Crippen LogP contribution in [0.1, 0.15) is 11.1 Å². The van der Waals surface area contributed by atoms with Gasteiger partial charge in [0.1, 0.15) is 12.4 Å². The number of hydrogen-bond acceptors (Lipinski definition) is 4. The third-order valence-electron chi connectivity index (χ3n) is 4.29. The topological polar surface area (TPSA) is 50.7 Å². The summed E-state index contributed by atoms with van der Waals surface area (Å²) < 4.78 is 6.88. The van der Waals surface area contributed by atoms with Gasteiger partial charge >= 0.3 is 0 Å². The zero-order valence-corrected chi connectivity index (χ0v) is 20.4. The van der Waals surface area contributed by atoms with E-state index < -0.39 is 0 Å². The second-order valence-electron chi connectivity index (χ2n) is 6.52. The highest BCUT2D eigenvalue weighted by Gasteiger charge is 2.24. The summed E-state index contributed by atoms with van der Waals surface area (Å²) in [6.45, 7) is 0.501. The Labute approximate surface area is 207 Å². The van der Waals surface area contributed by atoms with E-state index >= 15 is 0 Å². The van der Waals surface area contributed by atoms with Gasteiger partial charge in [-0.05, 0) is 75.8 Å². The molecule has 1 fully saturated rings. The standard InChI is InChI=1S/C23H15Cl2IN2O2S/c24-16-7-4-8-18(21(16)25)27-23-28-22(29)20(31-23)12-15-9-10-19(17(26)11-15)30-13-14-5-2-1-3-6-14/h1-12H,13H2,(H,27,28,29)/b20-12+. The van der Waals surface area contributed by atoms with Gasteiger partial charge in [0.2, 0.25) is 0 Å². The maximum absolute atomic E-state index is 12.4. The van der Waals surface area contributed by atoms with Crippen molar-refractivity contribution in [2.75, 3.05) is 0 Å². The van der Waals surface area contributed by atoms with E-state index in [2.05, 4.69) is 32.9 Å². The summed E-state index contributed by atoms with van der Waals surface area (Å²) in [6.07, 6.45) is 1.82. The largest absolute Gasteiger partial charge is 0.488 e. The van der Waals surface area contributed by atoms with Gasteiger partial charge in [-0.15, -0.1) is 0 Å². The molecule has 4 nitrogen and oxygen atoms in total. The number of nitrogens with one attached hydrogen (secondary N) is 1. The van der Waals surface area contributed by atoms with Crippen molar-refractivity contribution < 1.29 is 9.53 Å². The third-order valence-corrected chi connectivity index (χ3v) is 6.86. The van der Waals surface area contributed by atoms with E-state index in [4.69, 9.17) is 27.9 Å². The molecule has 1 aliphatic heterocycles. The van der Waals surface area contributed by atoms with Crippen LogP contribution in [-0.2, 0) is 11.4 Å². The Morgan fingerprint density at radius 3 is 2.65 bits per heavy atom. The predicted octanol–water partition coefficient (Wildman–Crippen LogP) is 7.07. The number of amides is 1. The van der Waals surface area contributed by atoms with Crippen LogP contribution in [0.3, 0.4) is 0 Å². The number of benzene rings is 3. The first-order chi connectivity index (χ1) is 15.0. The SMILES string of the molecule is O=C1NC(=Nc2cccc(Cl)c2Cl)S/C1=C/c1ccc(OCc2ccccc2)c(I)c1. The minimum atomic E-state index is -0.207. The van der Waals surface area contributed by atoms with Gasteiger partial charge in [0.15, 0.2) is 5.17 Å². The average molecular weight is 581 g/mol. The van der Waals surface area contributed by atoms with Crippen molar-refractivity contribution >= 4 is 80.4 Å². The van der Waals surface area contributed by atoms with Crippen LogP contribution in [-0.4, -0.2) is 11.1 Å². The molecule has 0 bridgehead atoms. The van der Waals surface area contributed by atoms with E-state index in [1.807, 2.05) is 54.6 Å². The molecule has 3 aromatic rings. The smallest absolute Gasteiger partial charge is 0.264 e. The number of rotatable bonds is 5. The van der Waals surface area contributed by atoms with Gasteiger partial charge in [0, 0.05) is 0 Å². The van der Waals surface area contributed by atoms with Crippen LogP contribution in [0.15, 0.2) is 76.6 Å². The Hall–Kier alpha value is -2.00. The summed E-state index contributed by atoms with van der Waals surface area (Å²) in [5.74, 6) is 0.592. The van der Waals surface area contributed by atoms with E-state index in [9.17, 15) is 4.79 Å². The summed E-state index contributed by atoms with van der Waals surface area (Å²) in [5.41, 5.74) is 2.51. The van der Waals surface area contributed by atoms with Crippen molar-refractivity contribution in [1.82, 2.24) is 5.32 Å². The van der Waals surface area contributed by atoms with E-state index in [-0.39, 0.29) is 5.91 Å². The molecule has 0 atom stereocenters. The number of halogens is 3. The summed E-state index contributed by atoms with van der Waals surface area (Å²) in [5, 5.41) is 3.98. The van der Waals surface area contributed by atoms with E-state index in [0.717, 1.165) is 20.4 Å². The Morgan fingerprint density at radius 2 is 1.87 bits per heavy atom. The number of ether oxygens (including phenoxy) is 1. The molecule has 1 aliphatic rings. The zero-order valence-electron chi connectivity index (χ0n) is 15.9. The maximum atomic E-state index is 12.4. The summed E-state index contributed by atoms with van der Waals surface area (Å²) in [4.78, 5) is 17.3. The molecule has 0 unspecified atom stereocenters. The van der Waals surface area contributed by atoms with Crippen LogP contribution in [0.2, 0.25) is 10.0 Å². The van der Waals surface area contributed by atoms with E-state index in [1.54, 1.807) is 18.2 Å². The van der Waals surface area contributed by atoms with Gasteiger partial charge in [0.25, 0.3) is 5.91 Å². The molecule has 0 radical (unpaired) electrons. The molecular weight excluding hydrogens is 566 g/mol. The minimum Gasteiger partial charge on any atom is -0.488 e. The van der Waals surface area contributed by atoms with Crippen LogP contribution in [0.5, 0.6) is 5.75 Å². The molecule has 1 N–H and O–H groups in total. The molecular formula is C23H15Cl2IN2O2S. The first-order valence-electron chi connectivity index (χ1n) is 9.19. The molecule has 1 heterocycles. The third kappa shape index (κ3) is 5.63. The summed E-state index contributed by atoms with van der Waals surface area (Å²) in [7, 11) is 0. The molecule has 3 aromatic carbocycles. The predicted molar refractivity (Wildman–Crippen MR) is 137 cm³/mol. The van der Waals surface area contributed by atoms with Gasteiger partial charge < -0.3 is 10.1 Å². The van der Waals surface area contributed by atoms with Gasteiger partial charge in [-0.3, -0.25) is 4.79 Å². The zero-order chi connectivity index (χ0) is 21.8. The second-order valence-corrected chi connectivity index (χ2v) is 9.50. The molecule has 8 heteroatoms. The number of carbonyl (C=O) groups is 1. The monoisotopic (exact) mass is 580 g/mol. The molecule has 4 rings (SSSR count). The highest BCUT2D eigenvalue weighted by Crippen LogP contribution is 2.35. The van der Waals surface area contributed by atoms with Crippen molar-refractivity contribution in [3.8, 4) is 5.75 Å². The number of carbonyl (C=O) groups excluding carboxylic acids is 1. The van der Waals surface area contributed by atoms with Gasteiger partial charge in [-0.1, -0.05) is 65.7 Å². The number of amidine groups is 1. The fourth-order valence-corrected chi connectivity index (χ4v) is 4.65. The van der Waals surface area contributed by atoms with Crippen molar-refractivity contribution in [2.24, 2.45) is 4.99 Å². The van der Waals surface area contributed by atoms with Crippen LogP contribution in [0, 0.1) is 3.57 Å². The lowest BCUT2D eigenvalue weighted by molar-refractivity contribution is -0.115. The molecule has 1 saturated heterocycles. The molecule has 0 spiro atoms. The number of nitrogens with zero attached hydrogens (tertiary/aromatic N) is 1. The number of aliphatic imine (C=N–C) groups is 1. The molecule has 156 valence electrons. The van der Waals surface area contributed by atoms with E-state index in [1.165, 1.54) is 11.8 Å². The molecule has 0 aromatic heterocycles. The molecule has 1 amide bonds. The van der Waals surface area contributed by atoms with Crippen molar-refractivity contribution in [1.29, 1.82) is 0 Å².